The fraction of sp³-hybridized carbons (Fsp3) is 0.500. The van der Waals surface area contributed by atoms with Crippen molar-refractivity contribution >= 4 is 5.91 Å². The Bertz CT molecular complexity index is 324. The molecule has 0 bridgehead atoms. The summed E-state index contributed by atoms with van der Waals surface area (Å²) in [7, 11) is 0. The highest BCUT2D eigenvalue weighted by Crippen LogP contribution is 2.02. The summed E-state index contributed by atoms with van der Waals surface area (Å²) in [6.07, 6.45) is 2.52. The van der Waals surface area contributed by atoms with Gasteiger partial charge in [0.05, 0.1) is 0 Å². The van der Waals surface area contributed by atoms with Crippen LogP contribution in [0.3, 0.4) is 0 Å². The van der Waals surface area contributed by atoms with E-state index in [9.17, 15) is 4.79 Å². The second kappa shape index (κ2) is 7.85. The molecular formula is C14H22N2O. The predicted octanol–water partition coefficient (Wildman–Crippen LogP) is 1.72. The van der Waals surface area contributed by atoms with E-state index < -0.39 is 0 Å². The third kappa shape index (κ3) is 6.07. The molecule has 0 fully saturated rings. The largest absolute Gasteiger partial charge is 0.356 e. The minimum atomic E-state index is 0.107. The Balaban J connectivity index is 2.10. The van der Waals surface area contributed by atoms with Gasteiger partial charge in [0.2, 0.25) is 5.91 Å². The van der Waals surface area contributed by atoms with Gasteiger partial charge in [-0.25, -0.2) is 0 Å². The van der Waals surface area contributed by atoms with E-state index in [0.717, 1.165) is 19.4 Å². The topological polar surface area (TPSA) is 55.1 Å². The lowest BCUT2D eigenvalue weighted by Gasteiger charge is -2.09. The van der Waals surface area contributed by atoms with Crippen LogP contribution in [0.5, 0.6) is 0 Å². The van der Waals surface area contributed by atoms with Gasteiger partial charge in [0.25, 0.3) is 0 Å². The number of nitrogens with two attached hydrogens (primary N) is 1. The highest BCUT2D eigenvalue weighted by Gasteiger charge is 2.06. The van der Waals surface area contributed by atoms with Gasteiger partial charge in [0, 0.05) is 13.0 Å². The third-order valence-corrected chi connectivity index (χ3v) is 2.74. The van der Waals surface area contributed by atoms with E-state index >= 15 is 0 Å². The van der Waals surface area contributed by atoms with E-state index in [2.05, 4.69) is 17.4 Å². The molecule has 0 aliphatic heterocycles. The molecule has 1 aromatic rings. The predicted molar refractivity (Wildman–Crippen MR) is 70.6 cm³/mol. The summed E-state index contributed by atoms with van der Waals surface area (Å²) in [5.41, 5.74) is 6.79. The molecule has 1 unspecified atom stereocenters. The van der Waals surface area contributed by atoms with Crippen LogP contribution in [0.15, 0.2) is 30.3 Å². The summed E-state index contributed by atoms with van der Waals surface area (Å²) in [5.74, 6) is 0.375. The van der Waals surface area contributed by atoms with Crippen LogP contribution in [-0.2, 0) is 11.2 Å². The zero-order valence-electron chi connectivity index (χ0n) is 10.5. The zero-order valence-corrected chi connectivity index (χ0v) is 10.5. The second-order valence-corrected chi connectivity index (χ2v) is 4.48. The molecule has 0 radical (unpaired) electrons. The molecule has 1 atom stereocenters. The molecule has 0 aliphatic carbocycles. The van der Waals surface area contributed by atoms with Crippen LogP contribution in [0.4, 0.5) is 0 Å². The molecule has 1 amide bonds. The Labute approximate surface area is 103 Å². The summed E-state index contributed by atoms with van der Waals surface area (Å²) < 4.78 is 0. The van der Waals surface area contributed by atoms with Crippen molar-refractivity contribution in [3.63, 3.8) is 0 Å². The van der Waals surface area contributed by atoms with Crippen LogP contribution in [0.1, 0.15) is 25.3 Å². The van der Waals surface area contributed by atoms with Gasteiger partial charge in [-0.3, -0.25) is 4.79 Å². The Hall–Kier alpha value is -1.35. The van der Waals surface area contributed by atoms with Gasteiger partial charge in [-0.2, -0.15) is 0 Å². The Morgan fingerprint density at radius 2 is 2.06 bits per heavy atom. The van der Waals surface area contributed by atoms with Crippen LogP contribution in [0.2, 0.25) is 0 Å². The molecule has 0 heterocycles. The van der Waals surface area contributed by atoms with E-state index in [1.54, 1.807) is 0 Å². The van der Waals surface area contributed by atoms with E-state index in [0.29, 0.717) is 13.0 Å². The van der Waals surface area contributed by atoms with E-state index in [4.69, 9.17) is 5.73 Å². The fourth-order valence-electron chi connectivity index (χ4n) is 1.64. The Morgan fingerprint density at radius 3 is 2.71 bits per heavy atom. The minimum Gasteiger partial charge on any atom is -0.356 e. The molecule has 3 heteroatoms. The van der Waals surface area contributed by atoms with Crippen molar-refractivity contribution in [2.75, 3.05) is 13.1 Å². The van der Waals surface area contributed by atoms with E-state index in [-0.39, 0.29) is 11.8 Å². The molecule has 0 spiro atoms. The standard InChI is InChI=1S/C14H22N2O/c1-12(11-15)10-14(17)16-9-5-8-13-6-3-2-4-7-13/h2-4,6-7,12H,5,8-11,15H2,1H3,(H,16,17). The van der Waals surface area contributed by atoms with Gasteiger partial charge in [0.1, 0.15) is 0 Å². The second-order valence-electron chi connectivity index (χ2n) is 4.48. The fourth-order valence-corrected chi connectivity index (χ4v) is 1.64. The number of hydrogen-bond donors (Lipinski definition) is 2. The monoisotopic (exact) mass is 234 g/mol. The molecular weight excluding hydrogens is 212 g/mol. The first-order valence-electron chi connectivity index (χ1n) is 6.23. The smallest absolute Gasteiger partial charge is 0.220 e. The lowest BCUT2D eigenvalue weighted by atomic mass is 10.1. The van der Waals surface area contributed by atoms with E-state index in [1.807, 2.05) is 25.1 Å². The molecule has 17 heavy (non-hydrogen) atoms. The lowest BCUT2D eigenvalue weighted by molar-refractivity contribution is -0.121. The third-order valence-electron chi connectivity index (χ3n) is 2.74. The average molecular weight is 234 g/mol. The number of nitrogens with one attached hydrogen (secondary N) is 1. The molecule has 3 nitrogen and oxygen atoms in total. The molecule has 0 aromatic heterocycles. The minimum absolute atomic E-state index is 0.107. The van der Waals surface area contributed by atoms with Crippen LogP contribution in [0.25, 0.3) is 0 Å². The number of benzene rings is 1. The summed E-state index contributed by atoms with van der Waals surface area (Å²) in [6, 6.07) is 10.3. The molecule has 94 valence electrons. The molecule has 1 aromatic carbocycles. The first kappa shape index (κ1) is 13.7. The summed E-state index contributed by atoms with van der Waals surface area (Å²) in [6.45, 7) is 3.30. The quantitative estimate of drug-likeness (QED) is 0.706. The van der Waals surface area contributed by atoms with Crippen molar-refractivity contribution in [3.8, 4) is 0 Å². The molecule has 0 saturated carbocycles. The van der Waals surface area contributed by atoms with E-state index in [1.165, 1.54) is 5.56 Å². The SMILES string of the molecule is CC(CN)CC(=O)NCCCc1ccccc1. The highest BCUT2D eigenvalue weighted by molar-refractivity contribution is 5.76. The maximum absolute atomic E-state index is 11.5. The summed E-state index contributed by atoms with van der Waals surface area (Å²) in [5, 5.41) is 2.92. The van der Waals surface area contributed by atoms with Gasteiger partial charge >= 0.3 is 0 Å². The zero-order chi connectivity index (χ0) is 12.5. The van der Waals surface area contributed by atoms with Crippen molar-refractivity contribution in [2.45, 2.75) is 26.2 Å². The van der Waals surface area contributed by atoms with Gasteiger partial charge in [-0.05, 0) is 30.9 Å². The highest BCUT2D eigenvalue weighted by atomic mass is 16.1. The van der Waals surface area contributed by atoms with Crippen molar-refractivity contribution < 1.29 is 4.79 Å². The van der Waals surface area contributed by atoms with Crippen molar-refractivity contribution in [1.82, 2.24) is 5.32 Å². The first-order chi connectivity index (χ1) is 8.22. The number of aryl methyl sites for hydroxylation is 1. The van der Waals surface area contributed by atoms with Gasteiger partial charge < -0.3 is 11.1 Å². The average Bonchev–Trinajstić information content (AvgIpc) is 2.36. The normalized spacial score (nSPS) is 12.1. The summed E-state index contributed by atoms with van der Waals surface area (Å²) >= 11 is 0. The number of carbonyl (C=O) groups excluding carboxylic acids is 1. The molecule has 0 saturated heterocycles. The molecule has 0 aliphatic rings. The van der Waals surface area contributed by atoms with Gasteiger partial charge in [-0.15, -0.1) is 0 Å². The van der Waals surface area contributed by atoms with Crippen LogP contribution in [0, 0.1) is 5.92 Å². The van der Waals surface area contributed by atoms with Crippen molar-refractivity contribution in [2.24, 2.45) is 11.7 Å². The maximum Gasteiger partial charge on any atom is 0.220 e. The number of amides is 1. The number of carbonyl (C=O) groups is 1. The molecule has 3 N–H and O–H groups in total. The van der Waals surface area contributed by atoms with Crippen LogP contribution in [-0.4, -0.2) is 19.0 Å². The van der Waals surface area contributed by atoms with Crippen LogP contribution < -0.4 is 11.1 Å². The summed E-state index contributed by atoms with van der Waals surface area (Å²) in [4.78, 5) is 11.5. The number of rotatable bonds is 7. The maximum atomic E-state index is 11.5. The molecule has 1 rings (SSSR count). The van der Waals surface area contributed by atoms with Crippen molar-refractivity contribution in [3.05, 3.63) is 35.9 Å². The van der Waals surface area contributed by atoms with Crippen molar-refractivity contribution in [1.29, 1.82) is 0 Å². The number of hydrogen-bond acceptors (Lipinski definition) is 2. The Morgan fingerprint density at radius 1 is 1.35 bits per heavy atom. The lowest BCUT2D eigenvalue weighted by Crippen LogP contribution is -2.28. The van der Waals surface area contributed by atoms with Gasteiger partial charge in [-0.1, -0.05) is 37.3 Å². The first-order valence-corrected chi connectivity index (χ1v) is 6.23. The van der Waals surface area contributed by atoms with Gasteiger partial charge in [0.15, 0.2) is 0 Å². The Kier molecular flexibility index (Phi) is 6.33. The van der Waals surface area contributed by atoms with Crippen LogP contribution >= 0.6 is 0 Å².